The van der Waals surface area contributed by atoms with Crippen LogP contribution in [0.15, 0.2) is 18.3 Å². The van der Waals surface area contributed by atoms with Gasteiger partial charge in [0.05, 0.1) is 13.7 Å². The fourth-order valence-corrected chi connectivity index (χ4v) is 1.01. The largest absolute Gasteiger partial charge is 0.491 e. The van der Waals surface area contributed by atoms with Gasteiger partial charge in [-0.2, -0.15) is 0 Å². The molecule has 0 aliphatic heterocycles. The van der Waals surface area contributed by atoms with Gasteiger partial charge in [-0.3, -0.25) is 0 Å². The summed E-state index contributed by atoms with van der Waals surface area (Å²) in [7, 11) is 3.26. The van der Waals surface area contributed by atoms with Gasteiger partial charge in [-0.1, -0.05) is 0 Å². The highest BCUT2D eigenvalue weighted by Gasteiger charge is 2.03. The first-order valence-corrected chi connectivity index (χ1v) is 4.49. The fourth-order valence-electron chi connectivity index (χ4n) is 1.01. The Bertz CT molecular complexity index is 265. The first kappa shape index (κ1) is 10.8. The van der Waals surface area contributed by atoms with Crippen LogP contribution < -0.4 is 9.47 Å². The number of hydrogen-bond donors (Lipinski definition) is 0. The highest BCUT2D eigenvalue weighted by Crippen LogP contribution is 2.22. The van der Waals surface area contributed by atoms with E-state index >= 15 is 0 Å². The molecule has 0 fully saturated rings. The third-order valence-corrected chi connectivity index (χ3v) is 1.69. The van der Waals surface area contributed by atoms with Gasteiger partial charge in [-0.05, 0) is 12.1 Å². The zero-order valence-corrected chi connectivity index (χ0v) is 8.53. The van der Waals surface area contributed by atoms with E-state index in [2.05, 4.69) is 4.98 Å². The molecule has 14 heavy (non-hydrogen) atoms. The molecule has 1 aromatic rings. The van der Waals surface area contributed by atoms with E-state index in [1.54, 1.807) is 26.5 Å². The van der Waals surface area contributed by atoms with E-state index in [0.717, 1.165) is 6.42 Å². The smallest absolute Gasteiger partial charge is 0.256 e. The van der Waals surface area contributed by atoms with Gasteiger partial charge in [0.2, 0.25) is 0 Å². The number of aromatic nitrogens is 1. The molecule has 1 rings (SSSR count). The molecule has 0 N–H and O–H groups in total. The standard InChI is InChI=1S/C10H15NO3/c1-12-7-4-8-14-10-9(13-2)5-3-6-11-10/h3,5-6H,4,7-8H2,1-2H3. The molecule has 78 valence electrons. The van der Waals surface area contributed by atoms with Gasteiger partial charge in [-0.25, -0.2) is 4.98 Å². The summed E-state index contributed by atoms with van der Waals surface area (Å²) in [4.78, 5) is 4.06. The minimum absolute atomic E-state index is 0.533. The van der Waals surface area contributed by atoms with E-state index in [-0.39, 0.29) is 0 Å². The number of hydrogen-bond acceptors (Lipinski definition) is 4. The van der Waals surface area contributed by atoms with Crippen molar-refractivity contribution >= 4 is 0 Å². The van der Waals surface area contributed by atoms with Crippen LogP contribution in [-0.4, -0.2) is 32.4 Å². The number of nitrogens with zero attached hydrogens (tertiary/aromatic N) is 1. The van der Waals surface area contributed by atoms with Crippen molar-refractivity contribution in [1.82, 2.24) is 4.98 Å². The van der Waals surface area contributed by atoms with Crippen LogP contribution in [0.1, 0.15) is 6.42 Å². The van der Waals surface area contributed by atoms with Crippen LogP contribution in [0, 0.1) is 0 Å². The zero-order chi connectivity index (χ0) is 10.2. The highest BCUT2D eigenvalue weighted by atomic mass is 16.5. The maximum atomic E-state index is 5.41. The molecule has 4 heteroatoms. The summed E-state index contributed by atoms with van der Waals surface area (Å²) in [6.45, 7) is 1.27. The zero-order valence-electron chi connectivity index (χ0n) is 8.53. The van der Waals surface area contributed by atoms with Crippen LogP contribution in [0.2, 0.25) is 0 Å². The molecule has 0 unspecified atom stereocenters. The second-order valence-electron chi connectivity index (χ2n) is 2.71. The number of methoxy groups -OCH3 is 2. The van der Waals surface area contributed by atoms with E-state index in [9.17, 15) is 0 Å². The number of ether oxygens (including phenoxy) is 3. The van der Waals surface area contributed by atoms with E-state index in [4.69, 9.17) is 14.2 Å². The van der Waals surface area contributed by atoms with Crippen LogP contribution in [0.5, 0.6) is 11.6 Å². The van der Waals surface area contributed by atoms with Crippen molar-refractivity contribution in [3.63, 3.8) is 0 Å². The molecule has 0 aliphatic carbocycles. The van der Waals surface area contributed by atoms with Gasteiger partial charge in [0.15, 0.2) is 5.75 Å². The van der Waals surface area contributed by atoms with Crippen LogP contribution in [0.3, 0.4) is 0 Å². The molecular weight excluding hydrogens is 182 g/mol. The summed E-state index contributed by atoms with van der Waals surface area (Å²) >= 11 is 0. The molecule has 0 bridgehead atoms. The van der Waals surface area contributed by atoms with Crippen molar-refractivity contribution in [2.75, 3.05) is 27.4 Å². The first-order valence-electron chi connectivity index (χ1n) is 4.49. The molecule has 0 amide bonds. The average Bonchev–Trinajstić information content (AvgIpc) is 2.25. The molecule has 0 saturated carbocycles. The fraction of sp³-hybridized carbons (Fsp3) is 0.500. The lowest BCUT2D eigenvalue weighted by atomic mass is 10.4. The van der Waals surface area contributed by atoms with Gasteiger partial charge in [0.1, 0.15) is 0 Å². The van der Waals surface area contributed by atoms with Crippen molar-refractivity contribution in [1.29, 1.82) is 0 Å². The van der Waals surface area contributed by atoms with Crippen molar-refractivity contribution in [2.24, 2.45) is 0 Å². The molecule has 0 spiro atoms. The summed E-state index contributed by atoms with van der Waals surface area (Å²) < 4.78 is 15.4. The Balaban J connectivity index is 2.41. The van der Waals surface area contributed by atoms with Crippen LogP contribution >= 0.6 is 0 Å². The van der Waals surface area contributed by atoms with Crippen molar-refractivity contribution in [2.45, 2.75) is 6.42 Å². The Kier molecular flexibility index (Phi) is 4.78. The minimum atomic E-state index is 0.533. The monoisotopic (exact) mass is 197 g/mol. The lowest BCUT2D eigenvalue weighted by Crippen LogP contribution is -2.03. The Morgan fingerprint density at radius 1 is 1.29 bits per heavy atom. The predicted octanol–water partition coefficient (Wildman–Crippen LogP) is 1.51. The molecule has 4 nitrogen and oxygen atoms in total. The van der Waals surface area contributed by atoms with E-state index in [1.165, 1.54) is 0 Å². The summed E-state index contributed by atoms with van der Waals surface area (Å²) in [5, 5.41) is 0. The molecule has 0 aliphatic rings. The topological polar surface area (TPSA) is 40.6 Å². The summed E-state index contributed by atoms with van der Waals surface area (Å²) in [5.41, 5.74) is 0. The lowest BCUT2D eigenvalue weighted by Gasteiger charge is -2.08. The van der Waals surface area contributed by atoms with Crippen LogP contribution in [-0.2, 0) is 4.74 Å². The second kappa shape index (κ2) is 6.21. The average molecular weight is 197 g/mol. The molecular formula is C10H15NO3. The number of pyridine rings is 1. The van der Waals surface area contributed by atoms with E-state index < -0.39 is 0 Å². The van der Waals surface area contributed by atoms with E-state index in [0.29, 0.717) is 24.8 Å². The third kappa shape index (κ3) is 3.22. The van der Waals surface area contributed by atoms with Crippen molar-refractivity contribution < 1.29 is 14.2 Å². The molecule has 1 aromatic heterocycles. The highest BCUT2D eigenvalue weighted by molar-refractivity contribution is 5.32. The van der Waals surface area contributed by atoms with E-state index in [1.807, 2.05) is 6.07 Å². The first-order chi connectivity index (χ1) is 6.88. The Hall–Kier alpha value is -1.29. The predicted molar refractivity (Wildman–Crippen MR) is 52.8 cm³/mol. The van der Waals surface area contributed by atoms with Crippen molar-refractivity contribution in [3.05, 3.63) is 18.3 Å². The Labute approximate surface area is 83.8 Å². The maximum Gasteiger partial charge on any atom is 0.256 e. The van der Waals surface area contributed by atoms with Gasteiger partial charge in [0.25, 0.3) is 5.88 Å². The quantitative estimate of drug-likeness (QED) is 0.648. The van der Waals surface area contributed by atoms with Crippen LogP contribution in [0.25, 0.3) is 0 Å². The Morgan fingerprint density at radius 3 is 2.86 bits per heavy atom. The molecule has 1 heterocycles. The SMILES string of the molecule is COCCCOc1ncccc1OC. The van der Waals surface area contributed by atoms with Gasteiger partial charge in [0, 0.05) is 26.3 Å². The maximum absolute atomic E-state index is 5.41. The molecule has 0 aromatic carbocycles. The van der Waals surface area contributed by atoms with Gasteiger partial charge in [-0.15, -0.1) is 0 Å². The Morgan fingerprint density at radius 2 is 2.14 bits per heavy atom. The molecule has 0 atom stereocenters. The molecule has 0 saturated heterocycles. The van der Waals surface area contributed by atoms with Crippen molar-refractivity contribution in [3.8, 4) is 11.6 Å². The summed E-state index contributed by atoms with van der Waals surface area (Å²) in [5.74, 6) is 1.19. The normalized spacial score (nSPS) is 9.86. The van der Waals surface area contributed by atoms with Gasteiger partial charge >= 0.3 is 0 Å². The number of rotatable bonds is 6. The molecule has 0 radical (unpaired) electrons. The van der Waals surface area contributed by atoms with Gasteiger partial charge < -0.3 is 14.2 Å². The second-order valence-corrected chi connectivity index (χ2v) is 2.71. The van der Waals surface area contributed by atoms with Crippen LogP contribution in [0.4, 0.5) is 0 Å². The minimum Gasteiger partial charge on any atom is -0.491 e. The lowest BCUT2D eigenvalue weighted by molar-refractivity contribution is 0.169. The summed E-state index contributed by atoms with van der Waals surface area (Å²) in [6.07, 6.45) is 2.52. The summed E-state index contributed by atoms with van der Waals surface area (Å²) in [6, 6.07) is 3.62. The third-order valence-electron chi connectivity index (χ3n) is 1.69.